The maximum atomic E-state index is 14.0. The molecule has 2 aromatic carbocycles. The fraction of sp³-hybridized carbons (Fsp3) is 0.391. The minimum atomic E-state index is -0.635. The quantitative estimate of drug-likeness (QED) is 0.470. The van der Waals surface area contributed by atoms with Crippen LogP contribution in [0.25, 0.3) is 0 Å². The zero-order valence-corrected chi connectivity index (χ0v) is 20.2. The highest BCUT2D eigenvalue weighted by atomic mass is 35.5. The van der Waals surface area contributed by atoms with Gasteiger partial charge in [0.2, 0.25) is 11.8 Å². The maximum Gasteiger partial charge on any atom is 0.243 e. The Morgan fingerprint density at radius 3 is 2.39 bits per heavy atom. The van der Waals surface area contributed by atoms with Gasteiger partial charge in [-0.25, -0.2) is 4.39 Å². The van der Waals surface area contributed by atoms with Crippen molar-refractivity contribution in [3.05, 3.63) is 69.5 Å². The number of hydrogen-bond acceptors (Lipinski definition) is 3. The van der Waals surface area contributed by atoms with E-state index in [-0.39, 0.29) is 35.9 Å². The summed E-state index contributed by atoms with van der Waals surface area (Å²) in [6.45, 7) is 5.82. The highest BCUT2D eigenvalue weighted by Crippen LogP contribution is 2.25. The van der Waals surface area contributed by atoms with Crippen LogP contribution >= 0.6 is 35.0 Å². The molecule has 0 radical (unpaired) electrons. The lowest BCUT2D eigenvalue weighted by Gasteiger charge is -2.31. The smallest absolute Gasteiger partial charge is 0.243 e. The number of carbonyl (C=O) groups is 2. The third kappa shape index (κ3) is 7.41. The Bertz CT molecular complexity index is 891. The van der Waals surface area contributed by atoms with E-state index >= 15 is 0 Å². The van der Waals surface area contributed by atoms with Crippen molar-refractivity contribution in [2.75, 3.05) is 5.75 Å². The molecule has 1 unspecified atom stereocenters. The molecule has 1 N–H and O–H groups in total. The van der Waals surface area contributed by atoms with Gasteiger partial charge in [0.15, 0.2) is 0 Å². The summed E-state index contributed by atoms with van der Waals surface area (Å²) in [5.41, 5.74) is 1.12. The van der Waals surface area contributed by atoms with E-state index in [0.717, 1.165) is 5.56 Å². The lowest BCUT2D eigenvalue weighted by molar-refractivity contribution is -0.139. The van der Waals surface area contributed by atoms with Gasteiger partial charge in [-0.2, -0.15) is 0 Å². The first-order valence-corrected chi connectivity index (χ1v) is 12.0. The molecular weight excluding hydrogens is 458 g/mol. The van der Waals surface area contributed by atoms with E-state index in [1.807, 2.05) is 39.0 Å². The first-order chi connectivity index (χ1) is 14.7. The zero-order chi connectivity index (χ0) is 23.0. The van der Waals surface area contributed by atoms with Crippen LogP contribution in [0.2, 0.25) is 10.0 Å². The summed E-state index contributed by atoms with van der Waals surface area (Å²) in [6.07, 6.45) is 0.457. The Hall–Kier alpha value is -1.76. The SMILES string of the molecule is CCC(C(=O)NC(C)C)N(Cc1ccccc1Cl)C(=O)CSCc1c(F)cccc1Cl. The van der Waals surface area contributed by atoms with Crippen LogP contribution in [0, 0.1) is 5.82 Å². The van der Waals surface area contributed by atoms with E-state index < -0.39 is 11.9 Å². The van der Waals surface area contributed by atoms with Gasteiger partial charge in [-0.15, -0.1) is 11.8 Å². The Morgan fingerprint density at radius 2 is 1.77 bits per heavy atom. The summed E-state index contributed by atoms with van der Waals surface area (Å²) < 4.78 is 14.0. The molecule has 2 rings (SSSR count). The van der Waals surface area contributed by atoms with Crippen LogP contribution in [0.15, 0.2) is 42.5 Å². The van der Waals surface area contributed by atoms with E-state index in [9.17, 15) is 14.0 Å². The highest BCUT2D eigenvalue weighted by molar-refractivity contribution is 7.99. The van der Waals surface area contributed by atoms with Gasteiger partial charge >= 0.3 is 0 Å². The summed E-state index contributed by atoms with van der Waals surface area (Å²) in [5.74, 6) is -0.487. The maximum absolute atomic E-state index is 14.0. The molecule has 0 aliphatic rings. The van der Waals surface area contributed by atoms with E-state index in [1.54, 1.807) is 23.1 Å². The number of rotatable bonds is 10. The number of amides is 2. The van der Waals surface area contributed by atoms with E-state index in [2.05, 4.69) is 5.32 Å². The molecule has 0 aromatic heterocycles. The van der Waals surface area contributed by atoms with Crippen molar-refractivity contribution in [3.63, 3.8) is 0 Å². The van der Waals surface area contributed by atoms with Crippen molar-refractivity contribution in [2.45, 2.75) is 51.6 Å². The summed E-state index contributed by atoms with van der Waals surface area (Å²) in [4.78, 5) is 27.5. The number of nitrogens with one attached hydrogen (secondary N) is 1. The van der Waals surface area contributed by atoms with Gasteiger partial charge in [-0.3, -0.25) is 9.59 Å². The third-order valence-electron chi connectivity index (χ3n) is 4.65. The average Bonchev–Trinajstić information content (AvgIpc) is 2.70. The standard InChI is InChI=1S/C23H27Cl2FN2O2S/c1-4-21(23(30)27-15(2)3)28(12-16-8-5-6-9-18(16)24)22(29)14-31-13-17-19(25)10-7-11-20(17)26/h5-11,15,21H,4,12-14H2,1-3H3,(H,27,30). The Labute approximate surface area is 197 Å². The first-order valence-electron chi connectivity index (χ1n) is 10.1. The van der Waals surface area contributed by atoms with Crippen molar-refractivity contribution >= 4 is 46.8 Å². The molecule has 8 heteroatoms. The van der Waals surface area contributed by atoms with Crippen LogP contribution in [0.5, 0.6) is 0 Å². The molecule has 0 aliphatic heterocycles. The number of halogens is 3. The largest absolute Gasteiger partial charge is 0.352 e. The molecule has 0 heterocycles. The van der Waals surface area contributed by atoms with E-state index in [4.69, 9.17) is 23.2 Å². The highest BCUT2D eigenvalue weighted by Gasteiger charge is 2.29. The summed E-state index contributed by atoms with van der Waals surface area (Å²) in [6, 6.07) is 11.1. The topological polar surface area (TPSA) is 49.4 Å². The van der Waals surface area contributed by atoms with Gasteiger partial charge < -0.3 is 10.2 Å². The molecule has 0 saturated heterocycles. The van der Waals surface area contributed by atoms with E-state index in [1.165, 1.54) is 17.8 Å². The fourth-order valence-corrected chi connectivity index (χ4v) is 4.55. The predicted octanol–water partition coefficient (Wildman–Crippen LogP) is 5.70. The molecule has 0 fully saturated rings. The molecule has 2 aromatic rings. The Kier molecular flexibility index (Phi) is 10.1. The van der Waals surface area contributed by atoms with Gasteiger partial charge in [0.05, 0.1) is 5.75 Å². The van der Waals surface area contributed by atoms with Gasteiger partial charge in [0.25, 0.3) is 0 Å². The van der Waals surface area contributed by atoms with Gasteiger partial charge in [0, 0.05) is 33.9 Å². The predicted molar refractivity (Wildman–Crippen MR) is 127 cm³/mol. The lowest BCUT2D eigenvalue weighted by atomic mass is 10.1. The minimum Gasteiger partial charge on any atom is -0.352 e. The van der Waals surface area contributed by atoms with Crippen molar-refractivity contribution in [3.8, 4) is 0 Å². The normalized spacial score (nSPS) is 12.0. The van der Waals surface area contributed by atoms with Crippen LogP contribution in [0.4, 0.5) is 4.39 Å². The lowest BCUT2D eigenvalue weighted by Crippen LogP contribution is -2.51. The second-order valence-electron chi connectivity index (χ2n) is 7.39. The van der Waals surface area contributed by atoms with Crippen LogP contribution < -0.4 is 5.32 Å². The van der Waals surface area contributed by atoms with Crippen LogP contribution in [-0.2, 0) is 21.9 Å². The number of thioether (sulfide) groups is 1. The molecule has 168 valence electrons. The second-order valence-corrected chi connectivity index (χ2v) is 9.19. The molecule has 2 amide bonds. The summed E-state index contributed by atoms with van der Waals surface area (Å²) >= 11 is 13.6. The summed E-state index contributed by atoms with van der Waals surface area (Å²) in [5, 5.41) is 3.75. The number of carbonyl (C=O) groups excluding carboxylic acids is 2. The Balaban J connectivity index is 2.18. The average molecular weight is 485 g/mol. The molecule has 0 spiro atoms. The monoisotopic (exact) mass is 484 g/mol. The minimum absolute atomic E-state index is 0.0450. The van der Waals surface area contributed by atoms with Gasteiger partial charge in [0.1, 0.15) is 11.9 Å². The molecule has 0 aliphatic carbocycles. The van der Waals surface area contributed by atoms with Crippen LogP contribution in [-0.4, -0.2) is 34.6 Å². The molecule has 1 atom stereocenters. The van der Waals surface area contributed by atoms with Gasteiger partial charge in [-0.05, 0) is 44.0 Å². The number of nitrogens with zero attached hydrogens (tertiary/aromatic N) is 1. The van der Waals surface area contributed by atoms with Crippen molar-refractivity contribution in [1.82, 2.24) is 10.2 Å². The van der Waals surface area contributed by atoms with Crippen molar-refractivity contribution in [2.24, 2.45) is 0 Å². The first kappa shape index (κ1) is 25.5. The van der Waals surface area contributed by atoms with Crippen molar-refractivity contribution in [1.29, 1.82) is 0 Å². The van der Waals surface area contributed by atoms with E-state index in [0.29, 0.717) is 22.0 Å². The van der Waals surface area contributed by atoms with Gasteiger partial charge in [-0.1, -0.05) is 54.4 Å². The number of benzene rings is 2. The van der Waals surface area contributed by atoms with Crippen molar-refractivity contribution < 1.29 is 14.0 Å². The third-order valence-corrected chi connectivity index (χ3v) is 6.32. The molecule has 0 saturated carbocycles. The second kappa shape index (κ2) is 12.3. The fourth-order valence-electron chi connectivity index (χ4n) is 3.10. The van der Waals surface area contributed by atoms with Crippen LogP contribution in [0.3, 0.4) is 0 Å². The summed E-state index contributed by atoms with van der Waals surface area (Å²) in [7, 11) is 0. The molecule has 4 nitrogen and oxygen atoms in total. The molecule has 0 bridgehead atoms. The molecular formula is C23H27Cl2FN2O2S. The number of hydrogen-bond donors (Lipinski definition) is 1. The zero-order valence-electron chi connectivity index (χ0n) is 17.8. The Morgan fingerprint density at radius 1 is 1.10 bits per heavy atom. The molecule has 31 heavy (non-hydrogen) atoms. The van der Waals surface area contributed by atoms with Crippen LogP contribution in [0.1, 0.15) is 38.3 Å².